The molecule has 58 valence electrons. The molecule has 0 N–H and O–H groups in total. The summed E-state index contributed by atoms with van der Waals surface area (Å²) >= 11 is 5.65. The smallest absolute Gasteiger partial charge is 0.349 e. The maximum Gasteiger partial charge on any atom is 0.349 e. The molecule has 0 unspecified atom stereocenters. The molecular formula is C4H3I3O3. The van der Waals surface area contributed by atoms with Crippen LogP contribution < -0.4 is 0 Å². The SMILES string of the molecule is CC(=O)OC(=O)C(I)(I)I. The van der Waals surface area contributed by atoms with E-state index in [2.05, 4.69) is 4.74 Å². The molecule has 0 heterocycles. The van der Waals surface area contributed by atoms with Crippen molar-refractivity contribution in [3.05, 3.63) is 0 Å². The van der Waals surface area contributed by atoms with Gasteiger partial charge in [0.2, 0.25) is -0.565 Å². The van der Waals surface area contributed by atoms with Gasteiger partial charge < -0.3 is 4.74 Å². The van der Waals surface area contributed by atoms with Crippen LogP contribution in [0.5, 0.6) is 0 Å². The predicted octanol–water partition coefficient (Wildman–Crippen LogP) is 2.03. The topological polar surface area (TPSA) is 43.4 Å². The van der Waals surface area contributed by atoms with E-state index in [0.717, 1.165) is 0 Å². The number of ether oxygens (including phenoxy) is 1. The fourth-order valence-electron chi connectivity index (χ4n) is 0.188. The number of halogens is 3. The van der Waals surface area contributed by atoms with Crippen molar-refractivity contribution >= 4 is 79.7 Å². The summed E-state index contributed by atoms with van der Waals surface area (Å²) in [5, 5.41) is 0. The Balaban J connectivity index is 3.99. The van der Waals surface area contributed by atoms with E-state index in [1.165, 1.54) is 6.92 Å². The maximum atomic E-state index is 10.8. The van der Waals surface area contributed by atoms with Crippen LogP contribution in [0.1, 0.15) is 6.92 Å². The second kappa shape index (κ2) is 4.38. The lowest BCUT2D eigenvalue weighted by atomic mass is 10.7. The number of esters is 2. The molecule has 0 aliphatic heterocycles. The molecular weight excluding hydrogens is 477 g/mol. The van der Waals surface area contributed by atoms with Gasteiger partial charge in [0.1, 0.15) is 0 Å². The van der Waals surface area contributed by atoms with E-state index in [0.29, 0.717) is 0 Å². The molecule has 0 spiro atoms. The van der Waals surface area contributed by atoms with E-state index in [-0.39, 0.29) is 0 Å². The molecule has 0 aromatic heterocycles. The molecule has 0 aromatic rings. The molecule has 3 nitrogen and oxygen atoms in total. The lowest BCUT2D eigenvalue weighted by Crippen LogP contribution is -2.21. The number of hydrogen-bond donors (Lipinski definition) is 0. The first-order valence-corrected chi connectivity index (χ1v) is 5.37. The Kier molecular flexibility index (Phi) is 4.96. The number of carbonyl (C=O) groups excluding carboxylic acids is 2. The molecule has 0 fully saturated rings. The minimum atomic E-state index is -0.682. The highest BCUT2D eigenvalue weighted by atomic mass is 127. The Morgan fingerprint density at radius 3 is 1.80 bits per heavy atom. The van der Waals surface area contributed by atoms with E-state index in [1.54, 1.807) is 0 Å². The Morgan fingerprint density at radius 2 is 1.70 bits per heavy atom. The van der Waals surface area contributed by atoms with Crippen molar-refractivity contribution < 1.29 is 14.3 Å². The van der Waals surface area contributed by atoms with E-state index >= 15 is 0 Å². The Morgan fingerprint density at radius 1 is 1.30 bits per heavy atom. The zero-order chi connectivity index (χ0) is 8.36. The van der Waals surface area contributed by atoms with E-state index in [1.807, 2.05) is 67.8 Å². The standard InChI is InChI=1S/C4H3I3O3/c1-2(8)10-3(9)4(5,6)7/h1H3. The van der Waals surface area contributed by atoms with Gasteiger partial charge in [0, 0.05) is 6.92 Å². The van der Waals surface area contributed by atoms with Gasteiger partial charge in [-0.1, -0.05) is 0 Å². The molecule has 0 saturated heterocycles. The Labute approximate surface area is 99.1 Å². The maximum absolute atomic E-state index is 10.8. The van der Waals surface area contributed by atoms with Gasteiger partial charge in [-0.05, 0) is 67.8 Å². The van der Waals surface area contributed by atoms with Crippen LogP contribution in [0, 0.1) is 0 Å². The molecule has 0 radical (unpaired) electrons. The summed E-state index contributed by atoms with van der Waals surface area (Å²) in [6.45, 7) is 1.20. The molecule has 0 aliphatic rings. The monoisotopic (exact) mass is 480 g/mol. The van der Waals surface area contributed by atoms with Crippen molar-refractivity contribution in [1.29, 1.82) is 0 Å². The second-order valence-electron chi connectivity index (χ2n) is 1.38. The van der Waals surface area contributed by atoms with Crippen molar-refractivity contribution in [1.82, 2.24) is 0 Å². The second-order valence-corrected chi connectivity index (χ2v) is 12.4. The molecule has 0 rings (SSSR count). The number of rotatable bonds is 1. The average Bonchev–Trinajstić information content (AvgIpc) is 1.60. The molecule has 6 heteroatoms. The third kappa shape index (κ3) is 5.04. The Hall–Kier alpha value is 1.33. The molecule has 0 aliphatic carbocycles. The van der Waals surface area contributed by atoms with Crippen molar-refractivity contribution in [3.63, 3.8) is 0 Å². The fraction of sp³-hybridized carbons (Fsp3) is 0.500. The van der Waals surface area contributed by atoms with Crippen molar-refractivity contribution in [2.75, 3.05) is 0 Å². The lowest BCUT2D eigenvalue weighted by molar-refractivity contribution is -0.156. The van der Waals surface area contributed by atoms with E-state index in [4.69, 9.17) is 0 Å². The van der Waals surface area contributed by atoms with Crippen LogP contribution in [0.15, 0.2) is 0 Å². The van der Waals surface area contributed by atoms with E-state index in [9.17, 15) is 9.59 Å². The molecule has 0 atom stereocenters. The Bertz CT molecular complexity index is 160. The van der Waals surface area contributed by atoms with Gasteiger partial charge in [-0.3, -0.25) is 4.79 Å². The fourth-order valence-corrected chi connectivity index (χ4v) is 0.519. The quantitative estimate of drug-likeness (QED) is 0.250. The van der Waals surface area contributed by atoms with Crippen molar-refractivity contribution in [3.8, 4) is 0 Å². The van der Waals surface area contributed by atoms with Gasteiger partial charge >= 0.3 is 11.9 Å². The third-order valence-corrected chi connectivity index (χ3v) is 1.79. The summed E-state index contributed by atoms with van der Waals surface area (Å²) in [4.78, 5) is 21.1. The van der Waals surface area contributed by atoms with Gasteiger partial charge in [-0.2, -0.15) is 0 Å². The minimum Gasteiger partial charge on any atom is -0.391 e. The summed E-state index contributed by atoms with van der Waals surface area (Å²) in [5.41, 5.74) is 0. The van der Waals surface area contributed by atoms with Crippen LogP contribution in [0.25, 0.3) is 0 Å². The highest BCUT2D eigenvalue weighted by Gasteiger charge is 2.31. The highest BCUT2D eigenvalue weighted by Crippen LogP contribution is 2.36. The van der Waals surface area contributed by atoms with Crippen LogP contribution in [0.3, 0.4) is 0 Å². The summed E-state index contributed by atoms with van der Waals surface area (Å²) in [5.74, 6) is -1.10. The predicted molar refractivity (Wildman–Crippen MR) is 61.6 cm³/mol. The summed E-state index contributed by atoms with van der Waals surface area (Å²) in [7, 11) is 0. The number of alkyl halides is 3. The first-order chi connectivity index (χ1) is 4.34. The van der Waals surface area contributed by atoms with Crippen LogP contribution >= 0.6 is 67.8 Å². The van der Waals surface area contributed by atoms with Gasteiger partial charge in [0.25, 0.3) is 0 Å². The zero-order valence-electron chi connectivity index (χ0n) is 4.86. The summed E-state index contributed by atoms with van der Waals surface area (Å²) in [6.07, 6.45) is 0. The molecule has 0 aromatic carbocycles. The largest absolute Gasteiger partial charge is 0.391 e. The van der Waals surface area contributed by atoms with Gasteiger partial charge in [0.05, 0.1) is 0 Å². The molecule has 10 heavy (non-hydrogen) atoms. The van der Waals surface area contributed by atoms with Crippen LogP contribution in [0.2, 0.25) is 0 Å². The van der Waals surface area contributed by atoms with Gasteiger partial charge in [0.15, 0.2) is 0 Å². The van der Waals surface area contributed by atoms with E-state index < -0.39 is 11.4 Å². The summed E-state index contributed by atoms with van der Waals surface area (Å²) in [6, 6.07) is 0. The number of hydrogen-bond acceptors (Lipinski definition) is 3. The molecule has 0 amide bonds. The zero-order valence-corrected chi connectivity index (χ0v) is 11.3. The first-order valence-electron chi connectivity index (χ1n) is 2.13. The van der Waals surface area contributed by atoms with Crippen molar-refractivity contribution in [2.24, 2.45) is 0 Å². The van der Waals surface area contributed by atoms with Crippen molar-refractivity contribution in [2.45, 2.75) is 6.36 Å². The third-order valence-electron chi connectivity index (χ3n) is 0.468. The van der Waals surface area contributed by atoms with Crippen LogP contribution in [0.4, 0.5) is 0 Å². The first kappa shape index (κ1) is 11.3. The number of carbonyl (C=O) groups is 2. The van der Waals surface area contributed by atoms with Gasteiger partial charge in [-0.25, -0.2) is 4.79 Å². The molecule has 0 saturated carbocycles. The van der Waals surface area contributed by atoms with Gasteiger partial charge in [-0.15, -0.1) is 0 Å². The summed E-state index contributed by atoms with van der Waals surface area (Å²) < 4.78 is 3.63. The lowest BCUT2D eigenvalue weighted by Gasteiger charge is -2.07. The van der Waals surface area contributed by atoms with Crippen LogP contribution in [-0.4, -0.2) is 11.4 Å². The molecule has 0 bridgehead atoms. The van der Waals surface area contributed by atoms with Crippen LogP contribution in [-0.2, 0) is 14.3 Å². The highest BCUT2D eigenvalue weighted by molar-refractivity contribution is 14.3. The average molecular weight is 480 g/mol. The minimum absolute atomic E-state index is 0.526. The normalized spacial score (nSPS) is 10.8.